The number of amides is 1. The molecule has 1 saturated heterocycles. The highest BCUT2D eigenvalue weighted by molar-refractivity contribution is 8.19. The van der Waals surface area contributed by atoms with Crippen LogP contribution >= 0.6 is 23.5 Å². The van der Waals surface area contributed by atoms with Crippen molar-refractivity contribution in [2.75, 3.05) is 11.4 Å². The fourth-order valence-corrected chi connectivity index (χ4v) is 6.05. The van der Waals surface area contributed by atoms with Crippen LogP contribution in [-0.4, -0.2) is 22.5 Å². The van der Waals surface area contributed by atoms with E-state index in [-0.39, 0.29) is 5.91 Å². The van der Waals surface area contributed by atoms with Crippen LogP contribution in [-0.2, 0) is 11.3 Å². The molecule has 1 amide bonds. The predicted molar refractivity (Wildman–Crippen MR) is 130 cm³/mol. The molecule has 0 saturated carbocycles. The SMILES string of the molecule is CCN1/C(=C2/SC(=Nc3ccccc3)N(Cc3ccccc3)C2=O)Sc2ccccc21. The van der Waals surface area contributed by atoms with Gasteiger partial charge in [-0.05, 0) is 48.5 Å². The van der Waals surface area contributed by atoms with E-state index in [9.17, 15) is 4.79 Å². The van der Waals surface area contributed by atoms with Crippen molar-refractivity contribution >= 4 is 46.0 Å². The number of carbonyl (C=O) groups excluding carboxylic acids is 1. The molecule has 2 heterocycles. The molecule has 0 N–H and O–H groups in total. The summed E-state index contributed by atoms with van der Waals surface area (Å²) in [6, 6.07) is 28.2. The van der Waals surface area contributed by atoms with Crippen molar-refractivity contribution in [2.24, 2.45) is 4.99 Å². The number of hydrogen-bond donors (Lipinski definition) is 0. The molecule has 5 rings (SSSR count). The summed E-state index contributed by atoms with van der Waals surface area (Å²) in [6.45, 7) is 3.42. The lowest BCUT2D eigenvalue weighted by atomic mass is 10.2. The molecule has 0 radical (unpaired) electrons. The summed E-state index contributed by atoms with van der Waals surface area (Å²) in [4.78, 5) is 24.4. The number of rotatable bonds is 4. The van der Waals surface area contributed by atoms with Crippen LogP contribution in [0.25, 0.3) is 0 Å². The first-order chi connectivity index (χ1) is 15.2. The fourth-order valence-electron chi connectivity index (χ4n) is 3.65. The Kier molecular flexibility index (Phi) is 5.57. The highest BCUT2D eigenvalue weighted by Crippen LogP contribution is 2.50. The van der Waals surface area contributed by atoms with E-state index in [1.165, 1.54) is 16.7 Å². The van der Waals surface area contributed by atoms with E-state index in [2.05, 4.69) is 24.0 Å². The monoisotopic (exact) mass is 443 g/mol. The summed E-state index contributed by atoms with van der Waals surface area (Å²) in [5.74, 6) is 0.0114. The minimum Gasteiger partial charge on any atom is -0.334 e. The highest BCUT2D eigenvalue weighted by atomic mass is 32.2. The molecule has 0 aliphatic carbocycles. The number of nitrogens with zero attached hydrogens (tertiary/aromatic N) is 3. The lowest BCUT2D eigenvalue weighted by Gasteiger charge is -2.19. The molecule has 6 heteroatoms. The van der Waals surface area contributed by atoms with Gasteiger partial charge in [-0.1, -0.05) is 72.4 Å². The first-order valence-electron chi connectivity index (χ1n) is 10.2. The zero-order valence-electron chi connectivity index (χ0n) is 17.1. The molecular weight excluding hydrogens is 422 g/mol. The van der Waals surface area contributed by atoms with E-state index in [0.717, 1.165) is 38.6 Å². The van der Waals surface area contributed by atoms with E-state index in [0.29, 0.717) is 6.54 Å². The van der Waals surface area contributed by atoms with Crippen molar-refractivity contribution in [1.82, 2.24) is 4.90 Å². The number of anilines is 1. The van der Waals surface area contributed by atoms with Gasteiger partial charge < -0.3 is 4.90 Å². The lowest BCUT2D eigenvalue weighted by molar-refractivity contribution is -0.122. The molecule has 3 aromatic carbocycles. The van der Waals surface area contributed by atoms with Gasteiger partial charge in [-0.3, -0.25) is 9.69 Å². The van der Waals surface area contributed by atoms with Crippen molar-refractivity contribution < 1.29 is 4.79 Å². The van der Waals surface area contributed by atoms with Crippen LogP contribution in [0.2, 0.25) is 0 Å². The van der Waals surface area contributed by atoms with E-state index < -0.39 is 0 Å². The van der Waals surface area contributed by atoms with Crippen LogP contribution in [0.3, 0.4) is 0 Å². The maximum absolute atomic E-state index is 13.6. The second-order valence-corrected chi connectivity index (χ2v) is 9.17. The van der Waals surface area contributed by atoms with Gasteiger partial charge in [-0.25, -0.2) is 4.99 Å². The minimum absolute atomic E-state index is 0.0114. The third-order valence-corrected chi connectivity index (χ3v) is 7.52. The van der Waals surface area contributed by atoms with E-state index in [1.807, 2.05) is 72.8 Å². The van der Waals surface area contributed by atoms with Crippen molar-refractivity contribution in [3.05, 3.63) is 100 Å². The third-order valence-electron chi connectivity index (χ3n) is 5.15. The quantitative estimate of drug-likeness (QED) is 0.447. The second kappa shape index (κ2) is 8.65. The number of para-hydroxylation sites is 2. The molecule has 31 heavy (non-hydrogen) atoms. The van der Waals surface area contributed by atoms with Crippen molar-refractivity contribution in [2.45, 2.75) is 18.4 Å². The Hall–Kier alpha value is -2.96. The van der Waals surface area contributed by atoms with Crippen LogP contribution in [0.4, 0.5) is 11.4 Å². The van der Waals surface area contributed by atoms with Crippen molar-refractivity contribution in [3.8, 4) is 0 Å². The van der Waals surface area contributed by atoms with Gasteiger partial charge in [0.25, 0.3) is 5.91 Å². The molecule has 3 aromatic rings. The summed E-state index contributed by atoms with van der Waals surface area (Å²) in [5, 5.41) is 1.71. The number of thioether (sulfide) groups is 2. The van der Waals surface area contributed by atoms with Crippen LogP contribution in [0.5, 0.6) is 0 Å². The van der Waals surface area contributed by atoms with Gasteiger partial charge in [-0.2, -0.15) is 0 Å². The van der Waals surface area contributed by atoms with Gasteiger partial charge in [0.2, 0.25) is 0 Å². The van der Waals surface area contributed by atoms with Gasteiger partial charge in [-0.15, -0.1) is 0 Å². The maximum atomic E-state index is 13.6. The largest absolute Gasteiger partial charge is 0.334 e. The summed E-state index contributed by atoms with van der Waals surface area (Å²) >= 11 is 3.14. The summed E-state index contributed by atoms with van der Waals surface area (Å²) in [7, 11) is 0. The zero-order valence-corrected chi connectivity index (χ0v) is 18.7. The standard InChI is InChI=1S/C25H21N3OS2/c1-2-27-20-15-9-10-16-21(20)30-24(27)22-23(29)28(17-18-11-5-3-6-12-18)25(31-22)26-19-13-7-4-8-14-19/h3-16H,2,17H2,1H3/b24-22-,26-25?. The summed E-state index contributed by atoms with van der Waals surface area (Å²) < 4.78 is 0. The number of benzene rings is 3. The Balaban J connectivity index is 1.57. The van der Waals surface area contributed by atoms with Crippen LogP contribution in [0.15, 0.2) is 105 Å². The lowest BCUT2D eigenvalue weighted by Crippen LogP contribution is -2.29. The molecule has 154 valence electrons. The van der Waals surface area contributed by atoms with Gasteiger partial charge in [0.05, 0.1) is 17.9 Å². The molecular formula is C25H21N3OS2. The van der Waals surface area contributed by atoms with Gasteiger partial charge in [0.15, 0.2) is 5.17 Å². The summed E-state index contributed by atoms with van der Waals surface area (Å²) in [6.07, 6.45) is 0. The maximum Gasteiger partial charge on any atom is 0.269 e. The first kappa shape index (κ1) is 20.0. The van der Waals surface area contributed by atoms with E-state index >= 15 is 0 Å². The number of hydrogen-bond acceptors (Lipinski definition) is 5. The Labute approximate surface area is 190 Å². The average Bonchev–Trinajstić information content (AvgIpc) is 3.33. The minimum atomic E-state index is 0.0114. The normalized spacial score (nSPS) is 19.4. The van der Waals surface area contributed by atoms with Gasteiger partial charge in [0.1, 0.15) is 9.93 Å². The fraction of sp³-hybridized carbons (Fsp3) is 0.120. The molecule has 1 fully saturated rings. The number of carbonyl (C=O) groups is 1. The van der Waals surface area contributed by atoms with Crippen LogP contribution in [0, 0.1) is 0 Å². The molecule has 0 aromatic heterocycles. The van der Waals surface area contributed by atoms with Crippen LogP contribution in [0.1, 0.15) is 12.5 Å². The molecule has 0 atom stereocenters. The van der Waals surface area contributed by atoms with Gasteiger partial charge in [0, 0.05) is 11.4 Å². The molecule has 4 nitrogen and oxygen atoms in total. The predicted octanol–water partition coefficient (Wildman–Crippen LogP) is 6.25. The third kappa shape index (κ3) is 3.89. The average molecular weight is 444 g/mol. The number of amidine groups is 1. The Morgan fingerprint density at radius 1 is 0.806 bits per heavy atom. The Morgan fingerprint density at radius 3 is 2.23 bits per heavy atom. The van der Waals surface area contributed by atoms with Crippen molar-refractivity contribution in [1.29, 1.82) is 0 Å². The topological polar surface area (TPSA) is 35.9 Å². The number of fused-ring (bicyclic) bond motifs is 1. The number of aliphatic imine (C=N–C) groups is 1. The van der Waals surface area contributed by atoms with Gasteiger partial charge >= 0.3 is 0 Å². The molecule has 2 aliphatic heterocycles. The molecule has 2 aliphatic rings. The molecule has 0 unspecified atom stereocenters. The Morgan fingerprint density at radius 2 is 1.48 bits per heavy atom. The van der Waals surface area contributed by atoms with E-state index in [1.54, 1.807) is 16.7 Å². The molecule has 0 spiro atoms. The summed E-state index contributed by atoms with van der Waals surface area (Å²) in [5.41, 5.74) is 3.09. The van der Waals surface area contributed by atoms with Crippen molar-refractivity contribution in [3.63, 3.8) is 0 Å². The van der Waals surface area contributed by atoms with E-state index in [4.69, 9.17) is 4.99 Å². The zero-order chi connectivity index (χ0) is 21.2. The molecule has 0 bridgehead atoms. The first-order valence-corrected chi connectivity index (χ1v) is 11.8. The Bertz CT molecular complexity index is 1180. The smallest absolute Gasteiger partial charge is 0.269 e. The highest BCUT2D eigenvalue weighted by Gasteiger charge is 2.39. The second-order valence-electron chi connectivity index (χ2n) is 7.16. The van der Waals surface area contributed by atoms with Crippen LogP contribution < -0.4 is 4.90 Å².